The van der Waals surface area contributed by atoms with Crippen LogP contribution in [0.5, 0.6) is 11.5 Å². The molecular formula is C28H35F2N3O3. The summed E-state index contributed by atoms with van der Waals surface area (Å²) in [6.07, 6.45) is 1.33. The number of H-pyrrole nitrogens is 1. The Bertz CT molecular complexity index is 1180. The fourth-order valence-electron chi connectivity index (χ4n) is 5.40. The van der Waals surface area contributed by atoms with Gasteiger partial charge in [-0.2, -0.15) is 0 Å². The third-order valence-corrected chi connectivity index (χ3v) is 7.24. The van der Waals surface area contributed by atoms with E-state index < -0.39 is 5.67 Å². The van der Waals surface area contributed by atoms with Crippen LogP contribution in [0, 0.1) is 0 Å². The Morgan fingerprint density at radius 3 is 2.78 bits per heavy atom. The molecule has 3 aromatic rings. The van der Waals surface area contributed by atoms with Crippen molar-refractivity contribution in [2.75, 3.05) is 53.2 Å². The molecule has 2 aliphatic heterocycles. The zero-order valence-electron chi connectivity index (χ0n) is 21.0. The first-order valence-corrected chi connectivity index (χ1v) is 12.7. The van der Waals surface area contributed by atoms with Crippen LogP contribution in [0.4, 0.5) is 8.78 Å². The molecule has 0 unspecified atom stereocenters. The van der Waals surface area contributed by atoms with Crippen molar-refractivity contribution in [3.63, 3.8) is 0 Å². The Kier molecular flexibility index (Phi) is 7.46. The minimum absolute atomic E-state index is 0.115. The number of aromatic amines is 1. The average Bonchev–Trinajstić information content (AvgIpc) is 3.23. The van der Waals surface area contributed by atoms with E-state index in [2.05, 4.69) is 40.3 Å². The molecule has 0 spiro atoms. The zero-order valence-corrected chi connectivity index (χ0v) is 21.0. The second kappa shape index (κ2) is 10.7. The van der Waals surface area contributed by atoms with Gasteiger partial charge in [-0.05, 0) is 56.1 Å². The van der Waals surface area contributed by atoms with Crippen LogP contribution in [0.25, 0.3) is 10.9 Å². The summed E-state index contributed by atoms with van der Waals surface area (Å²) < 4.78 is 44.8. The minimum atomic E-state index is -1.36. The molecule has 0 amide bonds. The van der Waals surface area contributed by atoms with E-state index in [0.717, 1.165) is 34.7 Å². The Labute approximate surface area is 210 Å². The summed E-state index contributed by atoms with van der Waals surface area (Å²) in [5.41, 5.74) is 2.99. The van der Waals surface area contributed by atoms with Crippen molar-refractivity contribution >= 4 is 10.9 Å². The molecule has 5 rings (SSSR count). The fourth-order valence-corrected chi connectivity index (χ4v) is 5.40. The lowest BCUT2D eigenvalue weighted by molar-refractivity contribution is -0.147. The number of fused-ring (bicyclic) bond motifs is 3. The van der Waals surface area contributed by atoms with E-state index in [4.69, 9.17) is 14.2 Å². The third-order valence-electron chi connectivity index (χ3n) is 7.24. The summed E-state index contributed by atoms with van der Waals surface area (Å²) in [6, 6.07) is 14.0. The summed E-state index contributed by atoms with van der Waals surface area (Å²) in [6.45, 7) is 4.08. The van der Waals surface area contributed by atoms with E-state index in [0.29, 0.717) is 26.1 Å². The lowest BCUT2D eigenvalue weighted by Crippen LogP contribution is -2.57. The Balaban J connectivity index is 1.51. The number of alkyl halides is 2. The van der Waals surface area contributed by atoms with Gasteiger partial charge in [0, 0.05) is 41.3 Å². The zero-order chi connectivity index (χ0) is 25.1. The molecule has 194 valence electrons. The molecule has 2 aliphatic rings. The number of methoxy groups -OCH3 is 1. The van der Waals surface area contributed by atoms with Gasteiger partial charge in [-0.15, -0.1) is 0 Å². The second-order valence-electron chi connectivity index (χ2n) is 9.88. The van der Waals surface area contributed by atoms with Crippen LogP contribution >= 0.6 is 0 Å². The van der Waals surface area contributed by atoms with Gasteiger partial charge in [-0.3, -0.25) is 9.29 Å². The van der Waals surface area contributed by atoms with Crippen LogP contribution in [0.3, 0.4) is 0 Å². The van der Waals surface area contributed by atoms with Crippen LogP contribution < -0.4 is 14.8 Å². The number of rotatable bonds is 11. The van der Waals surface area contributed by atoms with Gasteiger partial charge in [0.15, 0.2) is 5.67 Å². The first-order valence-electron chi connectivity index (χ1n) is 12.7. The summed E-state index contributed by atoms with van der Waals surface area (Å²) in [4.78, 5) is 5.88. The molecule has 0 saturated carbocycles. The number of aromatic nitrogens is 1. The Morgan fingerprint density at radius 1 is 1.19 bits per heavy atom. The number of benzene rings is 2. The quantitative estimate of drug-likeness (QED) is 0.378. The van der Waals surface area contributed by atoms with Crippen molar-refractivity contribution in [3.8, 4) is 11.5 Å². The van der Waals surface area contributed by atoms with Crippen LogP contribution in [-0.4, -0.2) is 74.8 Å². The highest BCUT2D eigenvalue weighted by atomic mass is 19.1. The summed E-state index contributed by atoms with van der Waals surface area (Å²) >= 11 is 0. The first kappa shape index (κ1) is 25.0. The van der Waals surface area contributed by atoms with Crippen molar-refractivity contribution in [2.24, 2.45) is 0 Å². The molecule has 2 atom stereocenters. The molecule has 0 radical (unpaired) electrons. The summed E-state index contributed by atoms with van der Waals surface area (Å²) in [7, 11) is 1.66. The smallest absolute Gasteiger partial charge is 0.169 e. The van der Waals surface area contributed by atoms with Crippen LogP contribution in [-0.2, 0) is 11.2 Å². The van der Waals surface area contributed by atoms with E-state index in [-0.39, 0.29) is 38.5 Å². The molecule has 1 aromatic heterocycles. The molecule has 1 saturated heterocycles. The monoisotopic (exact) mass is 499 g/mol. The number of ether oxygens (including phenoxy) is 3. The van der Waals surface area contributed by atoms with Crippen LogP contribution in [0.15, 0.2) is 42.5 Å². The Hall–Kier alpha value is -2.68. The van der Waals surface area contributed by atoms with E-state index in [1.807, 2.05) is 24.3 Å². The molecular weight excluding hydrogens is 464 g/mol. The van der Waals surface area contributed by atoms with Gasteiger partial charge in [-0.1, -0.05) is 18.2 Å². The highest BCUT2D eigenvalue weighted by Crippen LogP contribution is 2.45. The average molecular weight is 500 g/mol. The molecule has 2 N–H and O–H groups in total. The number of hydrogen-bond acceptors (Lipinski definition) is 5. The SMILES string of the molecule is COc1ccc(OCCNCCCF)cc1[C@@H]1c2[nH]c3ccccc3c2C[C@@H](C)N1CC1(F)COC1. The molecule has 6 nitrogen and oxygen atoms in total. The molecule has 1 fully saturated rings. The summed E-state index contributed by atoms with van der Waals surface area (Å²) in [5, 5.41) is 4.39. The number of nitrogens with zero attached hydrogens (tertiary/aromatic N) is 1. The number of nitrogens with one attached hydrogen (secondary N) is 2. The molecule has 36 heavy (non-hydrogen) atoms. The largest absolute Gasteiger partial charge is 0.496 e. The number of hydrogen-bond donors (Lipinski definition) is 2. The van der Waals surface area contributed by atoms with Crippen molar-refractivity contribution < 1.29 is 23.0 Å². The lowest BCUT2D eigenvalue weighted by Gasteiger charge is -2.46. The van der Waals surface area contributed by atoms with E-state index in [1.165, 1.54) is 10.9 Å². The second-order valence-corrected chi connectivity index (χ2v) is 9.88. The topological polar surface area (TPSA) is 58.8 Å². The normalized spacial score (nSPS) is 21.2. The van der Waals surface area contributed by atoms with Gasteiger partial charge in [0.25, 0.3) is 0 Å². The predicted octanol–water partition coefficient (Wildman–Crippen LogP) is 4.58. The number of para-hydroxylation sites is 1. The predicted molar refractivity (Wildman–Crippen MR) is 137 cm³/mol. The third kappa shape index (κ3) is 4.94. The molecule has 0 aliphatic carbocycles. The maximum atomic E-state index is 15.4. The van der Waals surface area contributed by atoms with Gasteiger partial charge in [-0.25, -0.2) is 4.39 Å². The maximum absolute atomic E-state index is 15.4. The molecule has 3 heterocycles. The standard InChI is InChI=1S/C28H35F2N3O3/c1-19-14-22-21-6-3-4-7-24(21)32-26(22)27(33(19)16-28(30)17-35-18-28)23-15-20(8-9-25(23)34-2)36-13-12-31-11-5-10-29/h3-4,6-9,15,19,27,31-32H,5,10-14,16-18H2,1-2H3/t19-,27-/m1/s1. The van der Waals surface area contributed by atoms with Gasteiger partial charge < -0.3 is 24.5 Å². The van der Waals surface area contributed by atoms with Gasteiger partial charge in [0.05, 0.1) is 33.0 Å². The van der Waals surface area contributed by atoms with Gasteiger partial charge in [0.2, 0.25) is 0 Å². The highest BCUT2D eigenvalue weighted by molar-refractivity contribution is 5.85. The Morgan fingerprint density at radius 2 is 2.03 bits per heavy atom. The van der Waals surface area contributed by atoms with E-state index >= 15 is 4.39 Å². The van der Waals surface area contributed by atoms with E-state index in [1.54, 1.807) is 7.11 Å². The lowest BCUT2D eigenvalue weighted by atomic mass is 9.86. The van der Waals surface area contributed by atoms with Crippen LogP contribution in [0.2, 0.25) is 0 Å². The van der Waals surface area contributed by atoms with Crippen LogP contribution in [0.1, 0.15) is 36.2 Å². The molecule has 2 aromatic carbocycles. The maximum Gasteiger partial charge on any atom is 0.169 e. The summed E-state index contributed by atoms with van der Waals surface area (Å²) in [5.74, 6) is 1.45. The van der Waals surface area contributed by atoms with Crippen molar-refractivity contribution in [3.05, 3.63) is 59.3 Å². The van der Waals surface area contributed by atoms with Gasteiger partial charge >= 0.3 is 0 Å². The number of halogens is 2. The highest BCUT2D eigenvalue weighted by Gasteiger charge is 2.46. The van der Waals surface area contributed by atoms with Crippen molar-refractivity contribution in [1.29, 1.82) is 0 Å². The molecule has 8 heteroatoms. The first-order chi connectivity index (χ1) is 17.5. The van der Waals surface area contributed by atoms with E-state index in [9.17, 15) is 4.39 Å². The molecule has 0 bridgehead atoms. The minimum Gasteiger partial charge on any atom is -0.496 e. The van der Waals surface area contributed by atoms with Gasteiger partial charge in [0.1, 0.15) is 18.1 Å². The van der Waals surface area contributed by atoms with Crippen molar-refractivity contribution in [2.45, 2.75) is 37.5 Å². The van der Waals surface area contributed by atoms with Crippen molar-refractivity contribution in [1.82, 2.24) is 15.2 Å². The fraction of sp³-hybridized carbons (Fsp3) is 0.500.